The molecule has 0 saturated carbocycles. The fraction of sp³-hybridized carbons (Fsp3) is 0.308. The zero-order valence-corrected chi connectivity index (χ0v) is 12.1. The van der Waals surface area contributed by atoms with Gasteiger partial charge in [-0.2, -0.15) is 0 Å². The minimum atomic E-state index is 0.790. The topological polar surface area (TPSA) is 38.7 Å². The highest BCUT2D eigenvalue weighted by molar-refractivity contribution is 14.1. The molecule has 0 fully saturated rings. The summed E-state index contributed by atoms with van der Waals surface area (Å²) in [5.41, 5.74) is 1.08. The molecular formula is C13H14IN3. The second-order valence-electron chi connectivity index (χ2n) is 3.68. The molecule has 0 unspecified atom stereocenters. The first kappa shape index (κ1) is 12.4. The van der Waals surface area contributed by atoms with Crippen LogP contribution in [0.15, 0.2) is 24.3 Å². The SMILES string of the molecule is CCc1nc(CC)nc(-c2ccccc2I)n1. The Hall–Kier alpha value is -1.04. The molecule has 0 N–H and O–H groups in total. The molecule has 1 heterocycles. The number of hydrogen-bond acceptors (Lipinski definition) is 3. The van der Waals surface area contributed by atoms with Gasteiger partial charge in [-0.15, -0.1) is 0 Å². The predicted octanol–water partition coefficient (Wildman–Crippen LogP) is 3.27. The summed E-state index contributed by atoms with van der Waals surface area (Å²) >= 11 is 2.31. The number of halogens is 1. The van der Waals surface area contributed by atoms with E-state index in [1.54, 1.807) is 0 Å². The Bertz CT molecular complexity index is 504. The van der Waals surface area contributed by atoms with Crippen LogP contribution in [0.1, 0.15) is 25.5 Å². The monoisotopic (exact) mass is 339 g/mol. The van der Waals surface area contributed by atoms with Crippen molar-refractivity contribution in [2.24, 2.45) is 0 Å². The summed E-state index contributed by atoms with van der Waals surface area (Å²) in [6.07, 6.45) is 1.68. The molecule has 88 valence electrons. The van der Waals surface area contributed by atoms with Crippen LogP contribution in [-0.2, 0) is 12.8 Å². The van der Waals surface area contributed by atoms with E-state index in [0.717, 1.165) is 35.9 Å². The Morgan fingerprint density at radius 2 is 1.53 bits per heavy atom. The average molecular weight is 339 g/mol. The van der Waals surface area contributed by atoms with Crippen LogP contribution in [-0.4, -0.2) is 15.0 Å². The van der Waals surface area contributed by atoms with Crippen molar-refractivity contribution in [2.45, 2.75) is 26.7 Å². The number of nitrogens with zero attached hydrogens (tertiary/aromatic N) is 3. The van der Waals surface area contributed by atoms with Gasteiger partial charge in [0.1, 0.15) is 11.6 Å². The number of hydrogen-bond donors (Lipinski definition) is 0. The molecule has 0 saturated heterocycles. The van der Waals surface area contributed by atoms with Gasteiger partial charge in [-0.1, -0.05) is 32.0 Å². The molecule has 0 radical (unpaired) electrons. The predicted molar refractivity (Wildman–Crippen MR) is 76.7 cm³/mol. The Kier molecular flexibility index (Phi) is 4.04. The summed E-state index contributed by atoms with van der Waals surface area (Å²) in [7, 11) is 0. The highest BCUT2D eigenvalue weighted by atomic mass is 127. The van der Waals surface area contributed by atoms with Crippen molar-refractivity contribution in [3.8, 4) is 11.4 Å². The minimum Gasteiger partial charge on any atom is -0.218 e. The van der Waals surface area contributed by atoms with Crippen LogP contribution < -0.4 is 0 Å². The van der Waals surface area contributed by atoms with Crippen molar-refractivity contribution in [3.63, 3.8) is 0 Å². The van der Waals surface area contributed by atoms with Gasteiger partial charge in [-0.05, 0) is 28.7 Å². The Morgan fingerprint density at radius 3 is 2.06 bits per heavy atom. The lowest BCUT2D eigenvalue weighted by molar-refractivity contribution is 0.831. The van der Waals surface area contributed by atoms with Crippen molar-refractivity contribution in [1.29, 1.82) is 0 Å². The molecule has 3 nitrogen and oxygen atoms in total. The van der Waals surface area contributed by atoms with Gasteiger partial charge in [-0.3, -0.25) is 0 Å². The first-order valence-electron chi connectivity index (χ1n) is 5.73. The fourth-order valence-electron chi connectivity index (χ4n) is 1.55. The quantitative estimate of drug-likeness (QED) is 0.806. The summed E-state index contributed by atoms with van der Waals surface area (Å²) < 4.78 is 1.17. The van der Waals surface area contributed by atoms with Crippen molar-refractivity contribution in [1.82, 2.24) is 15.0 Å². The third-order valence-corrected chi connectivity index (χ3v) is 3.42. The second kappa shape index (κ2) is 5.53. The lowest BCUT2D eigenvalue weighted by Crippen LogP contribution is -2.04. The minimum absolute atomic E-state index is 0.790. The normalized spacial score (nSPS) is 10.5. The van der Waals surface area contributed by atoms with Gasteiger partial charge in [0.15, 0.2) is 5.82 Å². The molecule has 0 atom stereocenters. The zero-order valence-electron chi connectivity index (χ0n) is 9.94. The van der Waals surface area contributed by atoms with Gasteiger partial charge >= 0.3 is 0 Å². The number of benzene rings is 1. The van der Waals surface area contributed by atoms with E-state index in [1.165, 1.54) is 3.57 Å². The van der Waals surface area contributed by atoms with Crippen LogP contribution in [0.5, 0.6) is 0 Å². The van der Waals surface area contributed by atoms with Crippen molar-refractivity contribution in [3.05, 3.63) is 39.5 Å². The second-order valence-corrected chi connectivity index (χ2v) is 4.84. The molecule has 0 aliphatic carbocycles. The van der Waals surface area contributed by atoms with Crippen LogP contribution in [0.3, 0.4) is 0 Å². The van der Waals surface area contributed by atoms with Crippen molar-refractivity contribution in [2.75, 3.05) is 0 Å². The summed E-state index contributed by atoms with van der Waals surface area (Å²) in [6, 6.07) is 8.15. The van der Waals surface area contributed by atoms with Gasteiger partial charge in [0.2, 0.25) is 0 Å². The molecule has 0 amide bonds. The van der Waals surface area contributed by atoms with E-state index < -0.39 is 0 Å². The first-order chi connectivity index (χ1) is 8.24. The fourth-order valence-corrected chi connectivity index (χ4v) is 2.18. The summed E-state index contributed by atoms with van der Waals surface area (Å²) in [5.74, 6) is 2.52. The van der Waals surface area contributed by atoms with Crippen LogP contribution >= 0.6 is 22.6 Å². The smallest absolute Gasteiger partial charge is 0.164 e. The Balaban J connectivity index is 2.55. The van der Waals surface area contributed by atoms with E-state index >= 15 is 0 Å². The highest BCUT2D eigenvalue weighted by Gasteiger charge is 2.08. The molecule has 17 heavy (non-hydrogen) atoms. The lowest BCUT2D eigenvalue weighted by Gasteiger charge is -2.06. The molecule has 2 aromatic rings. The van der Waals surface area contributed by atoms with E-state index in [4.69, 9.17) is 0 Å². The van der Waals surface area contributed by atoms with E-state index in [1.807, 2.05) is 12.1 Å². The van der Waals surface area contributed by atoms with Crippen LogP contribution in [0, 0.1) is 3.57 Å². The largest absolute Gasteiger partial charge is 0.218 e. The van der Waals surface area contributed by atoms with E-state index in [9.17, 15) is 0 Å². The first-order valence-corrected chi connectivity index (χ1v) is 6.81. The van der Waals surface area contributed by atoms with Crippen LogP contribution in [0.4, 0.5) is 0 Å². The van der Waals surface area contributed by atoms with E-state index in [2.05, 4.69) is 63.5 Å². The van der Waals surface area contributed by atoms with Crippen molar-refractivity contribution >= 4 is 22.6 Å². The zero-order chi connectivity index (χ0) is 12.3. The Labute approximate surface area is 115 Å². The van der Waals surface area contributed by atoms with Crippen molar-refractivity contribution < 1.29 is 0 Å². The number of aryl methyl sites for hydroxylation is 2. The van der Waals surface area contributed by atoms with Gasteiger partial charge in [0.05, 0.1) is 0 Å². The molecular weight excluding hydrogens is 325 g/mol. The van der Waals surface area contributed by atoms with E-state index in [-0.39, 0.29) is 0 Å². The standard InChI is InChI=1S/C13H14IN3/c1-3-11-15-12(4-2)17-13(16-11)9-7-5-6-8-10(9)14/h5-8H,3-4H2,1-2H3. The number of rotatable bonds is 3. The van der Waals surface area contributed by atoms with E-state index in [0.29, 0.717) is 0 Å². The Morgan fingerprint density at radius 1 is 0.941 bits per heavy atom. The summed E-state index contributed by atoms with van der Waals surface area (Å²) in [6.45, 7) is 4.13. The number of aromatic nitrogens is 3. The van der Waals surface area contributed by atoms with Crippen LogP contribution in [0.25, 0.3) is 11.4 Å². The average Bonchev–Trinajstić information content (AvgIpc) is 2.38. The summed E-state index contributed by atoms with van der Waals surface area (Å²) in [4.78, 5) is 13.4. The van der Waals surface area contributed by atoms with Gasteiger partial charge < -0.3 is 0 Å². The maximum absolute atomic E-state index is 4.50. The third kappa shape index (κ3) is 2.80. The molecule has 0 aliphatic rings. The molecule has 0 spiro atoms. The highest BCUT2D eigenvalue weighted by Crippen LogP contribution is 2.21. The van der Waals surface area contributed by atoms with Gasteiger partial charge in [0, 0.05) is 22.0 Å². The van der Waals surface area contributed by atoms with Gasteiger partial charge in [-0.25, -0.2) is 15.0 Å². The molecule has 2 rings (SSSR count). The molecule has 1 aromatic heterocycles. The molecule has 4 heteroatoms. The third-order valence-electron chi connectivity index (χ3n) is 2.48. The molecule has 0 aliphatic heterocycles. The maximum atomic E-state index is 4.50. The van der Waals surface area contributed by atoms with Gasteiger partial charge in [0.25, 0.3) is 0 Å². The van der Waals surface area contributed by atoms with Crippen LogP contribution in [0.2, 0.25) is 0 Å². The maximum Gasteiger partial charge on any atom is 0.164 e. The lowest BCUT2D eigenvalue weighted by atomic mass is 10.2. The summed E-state index contributed by atoms with van der Waals surface area (Å²) in [5, 5.41) is 0. The molecule has 0 bridgehead atoms. The molecule has 1 aromatic carbocycles.